The van der Waals surface area contributed by atoms with Gasteiger partial charge < -0.3 is 9.47 Å². The molecule has 11 heteroatoms. The van der Waals surface area contributed by atoms with E-state index in [0.717, 1.165) is 29.4 Å². The Kier molecular flexibility index (Phi) is 7.15. The molecule has 0 bridgehead atoms. The van der Waals surface area contributed by atoms with Gasteiger partial charge in [0.25, 0.3) is 12.3 Å². The van der Waals surface area contributed by atoms with Crippen LogP contribution in [0.2, 0.25) is 0 Å². The highest BCUT2D eigenvalue weighted by molar-refractivity contribution is 7.16. The van der Waals surface area contributed by atoms with Crippen LogP contribution in [0, 0.1) is 17.8 Å². The number of thiazole rings is 1. The highest BCUT2D eigenvalue weighted by atomic mass is 32.1. The number of aromatic nitrogens is 3. The largest absolute Gasteiger partial charge is 0.494 e. The molecular formula is C27H23F2N5O3S. The molecule has 38 heavy (non-hydrogen) atoms. The first kappa shape index (κ1) is 25.5. The minimum absolute atomic E-state index is 0.106. The van der Waals surface area contributed by atoms with Gasteiger partial charge in [-0.1, -0.05) is 29.8 Å². The number of alkyl halides is 2. The fraction of sp³-hybridized carbons (Fsp3) is 0.296. The number of halogens is 2. The number of pyridine rings is 2. The van der Waals surface area contributed by atoms with Crippen molar-refractivity contribution >= 4 is 28.3 Å². The number of rotatable bonds is 6. The lowest BCUT2D eigenvalue weighted by molar-refractivity contribution is 0.102. The van der Waals surface area contributed by atoms with E-state index in [9.17, 15) is 13.6 Å². The molecule has 1 aliphatic heterocycles. The third-order valence-corrected chi connectivity index (χ3v) is 6.77. The Labute approximate surface area is 221 Å². The molecule has 0 saturated heterocycles. The minimum Gasteiger partial charge on any atom is -0.494 e. The number of nitrogens with zero attached hydrogens (tertiary/aromatic N) is 4. The quantitative estimate of drug-likeness (QED) is 0.341. The van der Waals surface area contributed by atoms with Gasteiger partial charge in [0.2, 0.25) is 5.90 Å². The lowest BCUT2D eigenvalue weighted by Crippen LogP contribution is -2.25. The summed E-state index contributed by atoms with van der Waals surface area (Å²) >= 11 is 1.25. The molecular weight excluding hydrogens is 512 g/mol. The summed E-state index contributed by atoms with van der Waals surface area (Å²) in [6, 6.07) is 4.29. The van der Waals surface area contributed by atoms with Gasteiger partial charge in [-0.15, -0.1) is 0 Å². The van der Waals surface area contributed by atoms with Crippen molar-refractivity contribution in [3.8, 4) is 28.8 Å². The molecule has 1 N–H and O–H groups in total. The van der Waals surface area contributed by atoms with E-state index < -0.39 is 18.0 Å². The molecule has 194 valence electrons. The van der Waals surface area contributed by atoms with Gasteiger partial charge in [-0.05, 0) is 43.5 Å². The van der Waals surface area contributed by atoms with Gasteiger partial charge in [-0.3, -0.25) is 15.1 Å². The van der Waals surface area contributed by atoms with E-state index in [1.54, 1.807) is 12.3 Å². The molecule has 2 aliphatic rings. The van der Waals surface area contributed by atoms with Crippen molar-refractivity contribution in [3.63, 3.8) is 0 Å². The maximum absolute atomic E-state index is 13.5. The third kappa shape index (κ3) is 5.55. The predicted molar refractivity (Wildman–Crippen MR) is 140 cm³/mol. The van der Waals surface area contributed by atoms with Gasteiger partial charge >= 0.3 is 0 Å². The average Bonchev–Trinajstić information content (AvgIpc) is 3.65. The summed E-state index contributed by atoms with van der Waals surface area (Å²) in [6.45, 7) is 6.13. The zero-order valence-corrected chi connectivity index (χ0v) is 21.4. The van der Waals surface area contributed by atoms with Gasteiger partial charge in [-0.25, -0.2) is 23.7 Å². The molecule has 1 amide bonds. The summed E-state index contributed by atoms with van der Waals surface area (Å²) in [4.78, 5) is 31.1. The molecule has 1 saturated carbocycles. The van der Waals surface area contributed by atoms with E-state index in [-0.39, 0.29) is 34.6 Å². The Bertz CT molecular complexity index is 1500. The standard InChI is InChI=1S/C27H23F2N5O3S/c1-14-11-31-26(37-15(14)2)20-9-8-18(23(33-20)19-10-21(24(28)29)30-13-22(19)36-3)25(35)34-27-32-12-17(38-27)7-6-16-4-5-16/h8-10,12-13,15-16,24H,1,4-5,11H2,2-3H3,(H,32,34,35). The Morgan fingerprint density at radius 1 is 1.29 bits per heavy atom. The lowest BCUT2D eigenvalue weighted by Gasteiger charge is -2.22. The summed E-state index contributed by atoms with van der Waals surface area (Å²) in [6.07, 6.45) is 1.89. The van der Waals surface area contributed by atoms with Crippen molar-refractivity contribution < 1.29 is 23.0 Å². The fourth-order valence-electron chi connectivity index (χ4n) is 3.58. The molecule has 0 aromatic carbocycles. The lowest BCUT2D eigenvalue weighted by atomic mass is 10.0. The van der Waals surface area contributed by atoms with Crippen molar-refractivity contribution in [1.29, 1.82) is 0 Å². The number of hydrogen-bond acceptors (Lipinski definition) is 8. The van der Waals surface area contributed by atoms with Crippen molar-refractivity contribution in [1.82, 2.24) is 15.0 Å². The van der Waals surface area contributed by atoms with Crippen LogP contribution >= 0.6 is 11.3 Å². The molecule has 4 heterocycles. The van der Waals surface area contributed by atoms with Crippen molar-refractivity contribution in [2.24, 2.45) is 10.9 Å². The first-order valence-corrected chi connectivity index (χ1v) is 12.7. The maximum atomic E-state index is 13.5. The number of aliphatic imine (C=N–C) groups is 1. The maximum Gasteiger partial charge on any atom is 0.280 e. The summed E-state index contributed by atoms with van der Waals surface area (Å²) in [5, 5.41) is 3.12. The normalized spacial score (nSPS) is 16.8. The summed E-state index contributed by atoms with van der Waals surface area (Å²) < 4.78 is 38.3. The van der Waals surface area contributed by atoms with Crippen LogP contribution in [-0.2, 0) is 4.74 Å². The van der Waals surface area contributed by atoms with Crippen molar-refractivity contribution in [2.75, 3.05) is 19.0 Å². The highest BCUT2D eigenvalue weighted by Gasteiger charge is 2.25. The number of amides is 1. The van der Waals surface area contributed by atoms with E-state index >= 15 is 0 Å². The van der Waals surface area contributed by atoms with Crippen molar-refractivity contribution in [3.05, 3.63) is 64.6 Å². The van der Waals surface area contributed by atoms with Crippen LogP contribution in [-0.4, -0.2) is 46.5 Å². The first-order valence-electron chi connectivity index (χ1n) is 11.8. The second-order valence-electron chi connectivity index (χ2n) is 8.77. The van der Waals surface area contributed by atoms with Crippen LogP contribution in [0.25, 0.3) is 11.3 Å². The smallest absolute Gasteiger partial charge is 0.280 e. The minimum atomic E-state index is -2.83. The average molecular weight is 536 g/mol. The second kappa shape index (κ2) is 10.7. The van der Waals surface area contributed by atoms with Gasteiger partial charge in [0, 0.05) is 11.5 Å². The Balaban J connectivity index is 1.54. The van der Waals surface area contributed by atoms with Crippen LogP contribution in [0.1, 0.15) is 52.8 Å². The zero-order chi connectivity index (χ0) is 26.8. The van der Waals surface area contributed by atoms with E-state index in [1.807, 2.05) is 6.92 Å². The SMILES string of the molecule is C=C1CN=C(c2ccc(C(=O)Nc3ncc(C#CC4CC4)s3)c(-c3cc(C(F)F)ncc3OC)n2)OC1C. The monoisotopic (exact) mass is 535 g/mol. The summed E-state index contributed by atoms with van der Waals surface area (Å²) in [7, 11) is 1.38. The van der Waals surface area contributed by atoms with Gasteiger partial charge in [-0.2, -0.15) is 0 Å². The number of anilines is 1. The fourth-order valence-corrected chi connectivity index (χ4v) is 4.25. The third-order valence-electron chi connectivity index (χ3n) is 5.94. The number of hydrogen-bond donors (Lipinski definition) is 1. The highest BCUT2D eigenvalue weighted by Crippen LogP contribution is 2.34. The van der Waals surface area contributed by atoms with Crippen LogP contribution in [0.15, 0.2) is 47.7 Å². The molecule has 8 nitrogen and oxygen atoms in total. The number of methoxy groups -OCH3 is 1. The first-order chi connectivity index (χ1) is 18.3. The number of ether oxygens (including phenoxy) is 2. The number of carbonyl (C=O) groups is 1. The number of carbonyl (C=O) groups excluding carboxylic acids is 1. The second-order valence-corrected chi connectivity index (χ2v) is 9.80. The Morgan fingerprint density at radius 2 is 2.11 bits per heavy atom. The topological polar surface area (TPSA) is 98.6 Å². The van der Waals surface area contributed by atoms with Gasteiger partial charge in [0.15, 0.2) is 5.13 Å². The molecule has 0 spiro atoms. The van der Waals surface area contributed by atoms with Crippen LogP contribution in [0.4, 0.5) is 13.9 Å². The van der Waals surface area contributed by atoms with E-state index in [4.69, 9.17) is 9.47 Å². The molecule has 1 fully saturated rings. The van der Waals surface area contributed by atoms with Crippen LogP contribution in [0.5, 0.6) is 5.75 Å². The number of nitrogens with one attached hydrogen (secondary N) is 1. The van der Waals surface area contributed by atoms with Crippen LogP contribution < -0.4 is 10.1 Å². The Morgan fingerprint density at radius 3 is 2.82 bits per heavy atom. The van der Waals surface area contributed by atoms with Gasteiger partial charge in [0.1, 0.15) is 23.2 Å². The van der Waals surface area contributed by atoms with E-state index in [2.05, 4.69) is 43.7 Å². The van der Waals surface area contributed by atoms with Crippen molar-refractivity contribution in [2.45, 2.75) is 32.3 Å². The predicted octanol–water partition coefficient (Wildman–Crippen LogP) is 5.28. The molecule has 0 radical (unpaired) electrons. The molecule has 3 aromatic rings. The summed E-state index contributed by atoms with van der Waals surface area (Å²) in [5.74, 6) is 6.58. The molecule has 1 atom stereocenters. The molecule has 3 aromatic heterocycles. The van der Waals surface area contributed by atoms with Crippen LogP contribution in [0.3, 0.4) is 0 Å². The van der Waals surface area contributed by atoms with Gasteiger partial charge in [0.05, 0.1) is 42.2 Å². The van der Waals surface area contributed by atoms with E-state index in [0.29, 0.717) is 23.3 Å². The Hall–Kier alpha value is -4.17. The molecule has 5 rings (SSSR count). The molecule has 1 unspecified atom stereocenters. The summed E-state index contributed by atoms with van der Waals surface area (Å²) in [5.41, 5.74) is 1.07. The zero-order valence-electron chi connectivity index (χ0n) is 20.6. The molecule has 1 aliphatic carbocycles. The van der Waals surface area contributed by atoms with E-state index in [1.165, 1.54) is 30.7 Å².